The van der Waals surface area contributed by atoms with Crippen LogP contribution in [0, 0.1) is 0 Å². The molecule has 5 heteroatoms. The number of halogens is 3. The number of hydrogen-bond acceptors (Lipinski definition) is 1. The van der Waals surface area contributed by atoms with Gasteiger partial charge in [-0.05, 0) is 6.42 Å². The van der Waals surface area contributed by atoms with Gasteiger partial charge in [0.2, 0.25) is 0 Å². The second-order valence-electron chi connectivity index (χ2n) is 2.05. The molecule has 11 heavy (non-hydrogen) atoms. The van der Waals surface area contributed by atoms with E-state index in [4.69, 9.17) is 23.2 Å². The summed E-state index contributed by atoms with van der Waals surface area (Å²) in [7, 11) is 0. The van der Waals surface area contributed by atoms with Crippen molar-refractivity contribution in [1.29, 1.82) is 0 Å². The van der Waals surface area contributed by atoms with Crippen molar-refractivity contribution in [3.05, 3.63) is 17.4 Å². The molecule has 1 atom stereocenters. The van der Waals surface area contributed by atoms with Crippen LogP contribution in [-0.2, 0) is 0 Å². The van der Waals surface area contributed by atoms with Crippen LogP contribution >= 0.6 is 39.1 Å². The third-order valence-corrected chi connectivity index (χ3v) is 2.50. The first-order valence-corrected chi connectivity index (χ1v) is 4.96. The van der Waals surface area contributed by atoms with Crippen molar-refractivity contribution in [1.82, 2.24) is 9.78 Å². The van der Waals surface area contributed by atoms with Crippen molar-refractivity contribution in [2.75, 3.05) is 5.88 Å². The molecule has 0 saturated heterocycles. The molecule has 0 bridgehead atoms. The molecular formula is C6H7BrCl2N2. The van der Waals surface area contributed by atoms with Gasteiger partial charge in [0.05, 0.1) is 11.2 Å². The van der Waals surface area contributed by atoms with Crippen molar-refractivity contribution >= 4 is 39.1 Å². The highest BCUT2D eigenvalue weighted by atomic mass is 79.9. The summed E-state index contributed by atoms with van der Waals surface area (Å²) in [6, 6.07) is 0. The molecule has 0 aliphatic carbocycles. The van der Waals surface area contributed by atoms with Gasteiger partial charge >= 0.3 is 0 Å². The van der Waals surface area contributed by atoms with Gasteiger partial charge in [0.1, 0.15) is 4.95 Å². The smallest absolute Gasteiger partial charge is 0.108 e. The highest BCUT2D eigenvalue weighted by molar-refractivity contribution is 9.09. The fourth-order valence-corrected chi connectivity index (χ4v) is 1.76. The molecular weight excluding hydrogens is 251 g/mol. The molecule has 62 valence electrons. The fraction of sp³-hybridized carbons (Fsp3) is 0.500. The topological polar surface area (TPSA) is 17.8 Å². The lowest BCUT2D eigenvalue weighted by molar-refractivity contribution is 0.598. The summed E-state index contributed by atoms with van der Waals surface area (Å²) in [5.74, 6) is 0.605. The predicted octanol–water partition coefficient (Wildman–Crippen LogP) is 3.06. The van der Waals surface area contributed by atoms with Crippen LogP contribution in [0.3, 0.4) is 0 Å². The molecule has 0 saturated carbocycles. The first kappa shape index (κ1) is 9.36. The minimum absolute atomic E-state index is 0.146. The lowest BCUT2D eigenvalue weighted by Crippen LogP contribution is -2.02. The third kappa shape index (κ3) is 2.65. The van der Waals surface area contributed by atoms with Crippen molar-refractivity contribution in [2.45, 2.75) is 11.4 Å². The molecule has 0 amide bonds. The molecule has 0 N–H and O–H groups in total. The molecule has 1 aromatic heterocycles. The first-order chi connectivity index (χ1) is 5.24. The standard InChI is InChI=1S/C6H7BrCl2N2/c7-6(1-2-8)11-4-5(9)3-10-11/h3-4,6H,1-2H2. The number of aromatic nitrogens is 2. The van der Waals surface area contributed by atoms with Gasteiger partial charge in [-0.3, -0.25) is 4.68 Å². The number of hydrogen-bond donors (Lipinski definition) is 0. The molecule has 1 unspecified atom stereocenters. The molecule has 0 radical (unpaired) electrons. The summed E-state index contributed by atoms with van der Waals surface area (Å²) >= 11 is 14.6. The number of rotatable bonds is 3. The van der Waals surface area contributed by atoms with Crippen LogP contribution in [0.25, 0.3) is 0 Å². The van der Waals surface area contributed by atoms with Crippen LogP contribution in [0.15, 0.2) is 12.4 Å². The summed E-state index contributed by atoms with van der Waals surface area (Å²) in [4.78, 5) is 0.146. The Bertz CT molecular complexity index is 226. The second-order valence-corrected chi connectivity index (χ2v) is 3.92. The largest absolute Gasteiger partial charge is 0.257 e. The summed E-state index contributed by atoms with van der Waals surface area (Å²) in [6.07, 6.45) is 4.19. The molecule has 0 spiro atoms. The zero-order valence-electron chi connectivity index (χ0n) is 5.67. The van der Waals surface area contributed by atoms with Crippen LogP contribution in [0.4, 0.5) is 0 Å². The van der Waals surface area contributed by atoms with Gasteiger partial charge in [0.15, 0.2) is 0 Å². The SMILES string of the molecule is ClCCC(Br)n1cc(Cl)cn1. The van der Waals surface area contributed by atoms with E-state index in [1.54, 1.807) is 17.1 Å². The van der Waals surface area contributed by atoms with E-state index >= 15 is 0 Å². The Hall–Kier alpha value is 0.270. The third-order valence-electron chi connectivity index (χ3n) is 1.20. The van der Waals surface area contributed by atoms with E-state index in [9.17, 15) is 0 Å². The van der Waals surface area contributed by atoms with Crippen LogP contribution in [-0.4, -0.2) is 15.7 Å². The van der Waals surface area contributed by atoms with Gasteiger partial charge in [0, 0.05) is 12.1 Å². The average molecular weight is 258 g/mol. The molecule has 0 fully saturated rings. The van der Waals surface area contributed by atoms with E-state index in [1.807, 2.05) is 0 Å². The lowest BCUT2D eigenvalue weighted by Gasteiger charge is -2.06. The molecule has 0 aliphatic rings. The van der Waals surface area contributed by atoms with Gasteiger partial charge in [-0.1, -0.05) is 27.5 Å². The maximum Gasteiger partial charge on any atom is 0.108 e. The predicted molar refractivity (Wildman–Crippen MR) is 50.5 cm³/mol. The van der Waals surface area contributed by atoms with Crippen molar-refractivity contribution in [2.24, 2.45) is 0 Å². The van der Waals surface area contributed by atoms with E-state index in [1.165, 1.54) is 0 Å². The minimum atomic E-state index is 0.146. The van der Waals surface area contributed by atoms with E-state index in [0.29, 0.717) is 10.9 Å². The summed E-state index contributed by atoms with van der Waals surface area (Å²) in [5.41, 5.74) is 0. The van der Waals surface area contributed by atoms with Gasteiger partial charge in [-0.25, -0.2) is 0 Å². The van der Waals surface area contributed by atoms with Gasteiger partial charge < -0.3 is 0 Å². The molecule has 1 heterocycles. The maximum atomic E-state index is 5.67. The number of nitrogens with zero attached hydrogens (tertiary/aromatic N) is 2. The van der Waals surface area contributed by atoms with Crippen molar-refractivity contribution < 1.29 is 0 Å². The van der Waals surface area contributed by atoms with Crippen LogP contribution in [0.2, 0.25) is 5.02 Å². The Morgan fingerprint density at radius 1 is 1.73 bits per heavy atom. The zero-order chi connectivity index (χ0) is 8.27. The lowest BCUT2D eigenvalue weighted by atomic mass is 10.5. The molecule has 1 rings (SSSR count). The van der Waals surface area contributed by atoms with Crippen molar-refractivity contribution in [3.63, 3.8) is 0 Å². The van der Waals surface area contributed by atoms with E-state index < -0.39 is 0 Å². The average Bonchev–Trinajstić information content (AvgIpc) is 2.36. The second kappa shape index (κ2) is 4.33. The van der Waals surface area contributed by atoms with E-state index in [-0.39, 0.29) is 4.95 Å². The molecule has 0 aliphatic heterocycles. The Morgan fingerprint density at radius 3 is 2.91 bits per heavy atom. The van der Waals surface area contributed by atoms with E-state index in [2.05, 4.69) is 21.0 Å². The van der Waals surface area contributed by atoms with Crippen LogP contribution < -0.4 is 0 Å². The molecule has 2 nitrogen and oxygen atoms in total. The minimum Gasteiger partial charge on any atom is -0.257 e. The highest BCUT2D eigenvalue weighted by Crippen LogP contribution is 2.20. The maximum absolute atomic E-state index is 5.67. The summed E-state index contributed by atoms with van der Waals surface area (Å²) in [6.45, 7) is 0. The number of alkyl halides is 2. The van der Waals surface area contributed by atoms with E-state index in [0.717, 1.165) is 6.42 Å². The van der Waals surface area contributed by atoms with Gasteiger partial charge in [0.25, 0.3) is 0 Å². The summed E-state index contributed by atoms with van der Waals surface area (Å²) < 4.78 is 1.74. The van der Waals surface area contributed by atoms with Gasteiger partial charge in [-0.15, -0.1) is 11.6 Å². The van der Waals surface area contributed by atoms with Crippen molar-refractivity contribution in [3.8, 4) is 0 Å². The quantitative estimate of drug-likeness (QED) is 0.762. The van der Waals surface area contributed by atoms with Crippen LogP contribution in [0.1, 0.15) is 11.4 Å². The summed E-state index contributed by atoms with van der Waals surface area (Å²) in [5, 5.41) is 4.66. The fourth-order valence-electron chi connectivity index (χ4n) is 0.690. The van der Waals surface area contributed by atoms with Gasteiger partial charge in [-0.2, -0.15) is 5.10 Å². The Morgan fingerprint density at radius 2 is 2.45 bits per heavy atom. The first-order valence-electron chi connectivity index (χ1n) is 3.13. The normalized spacial score (nSPS) is 13.4. The molecule has 1 aromatic rings. The molecule has 0 aromatic carbocycles. The monoisotopic (exact) mass is 256 g/mol. The Labute approximate surface area is 83.6 Å². The van der Waals surface area contributed by atoms with Crippen LogP contribution in [0.5, 0.6) is 0 Å². The highest BCUT2D eigenvalue weighted by Gasteiger charge is 2.05. The Balaban J connectivity index is 2.60. The Kier molecular flexibility index (Phi) is 3.69. The zero-order valence-corrected chi connectivity index (χ0v) is 8.77.